The van der Waals surface area contributed by atoms with E-state index in [2.05, 4.69) is 55.6 Å². The molecule has 0 radical (unpaired) electrons. The third-order valence-electron chi connectivity index (χ3n) is 3.31. The highest BCUT2D eigenvalue weighted by Crippen LogP contribution is 2.20. The van der Waals surface area contributed by atoms with Crippen molar-refractivity contribution in [1.29, 1.82) is 0 Å². The lowest BCUT2D eigenvalue weighted by Crippen LogP contribution is -2.31. The smallest absolute Gasteiger partial charge is 0.0669 e. The summed E-state index contributed by atoms with van der Waals surface area (Å²) in [5.74, 6) is 5.72. The third kappa shape index (κ3) is 3.22. The Morgan fingerprint density at radius 2 is 1.89 bits per heavy atom. The highest BCUT2D eigenvalue weighted by molar-refractivity contribution is 5.23. The van der Waals surface area contributed by atoms with Gasteiger partial charge >= 0.3 is 0 Å². The molecule has 0 aliphatic carbocycles. The van der Waals surface area contributed by atoms with E-state index in [0.717, 1.165) is 12.1 Å². The van der Waals surface area contributed by atoms with Crippen molar-refractivity contribution in [2.45, 2.75) is 39.3 Å². The molecule has 0 aliphatic rings. The van der Waals surface area contributed by atoms with Gasteiger partial charge in [-0.1, -0.05) is 29.8 Å². The van der Waals surface area contributed by atoms with Gasteiger partial charge in [0.1, 0.15) is 0 Å². The monoisotopic (exact) mass is 258 g/mol. The molecule has 102 valence electrons. The fourth-order valence-corrected chi connectivity index (χ4v) is 2.24. The first kappa shape index (κ1) is 13.8. The van der Waals surface area contributed by atoms with Crippen molar-refractivity contribution in [1.82, 2.24) is 15.2 Å². The summed E-state index contributed by atoms with van der Waals surface area (Å²) in [5.41, 5.74) is 6.57. The van der Waals surface area contributed by atoms with Crippen molar-refractivity contribution in [2.75, 3.05) is 0 Å². The average Bonchev–Trinajstić information content (AvgIpc) is 2.87. The van der Waals surface area contributed by atoms with E-state index in [9.17, 15) is 0 Å². The summed E-state index contributed by atoms with van der Waals surface area (Å²) in [5, 5.41) is 4.36. The normalized spacial score (nSPS) is 12.9. The number of nitrogens with two attached hydrogens (primary N) is 1. The summed E-state index contributed by atoms with van der Waals surface area (Å²) in [7, 11) is 0. The molecule has 0 aliphatic heterocycles. The predicted octanol–water partition coefficient (Wildman–Crippen LogP) is 2.52. The fraction of sp³-hybridized carbons (Fsp3) is 0.400. The van der Waals surface area contributed by atoms with Crippen molar-refractivity contribution in [2.24, 2.45) is 5.84 Å². The van der Waals surface area contributed by atoms with Gasteiger partial charge in [0.15, 0.2) is 0 Å². The molecule has 1 aromatic carbocycles. The molecule has 4 heteroatoms. The Bertz CT molecular complexity index is 513. The molecule has 0 bridgehead atoms. The SMILES string of the molecule is Cc1ccc(CC(NN)c2ccnn2C(C)C)cc1. The van der Waals surface area contributed by atoms with Crippen molar-refractivity contribution in [3.63, 3.8) is 0 Å². The highest BCUT2D eigenvalue weighted by Gasteiger charge is 2.16. The summed E-state index contributed by atoms with van der Waals surface area (Å²) in [6, 6.07) is 11.0. The van der Waals surface area contributed by atoms with Crippen LogP contribution in [0.3, 0.4) is 0 Å². The molecule has 19 heavy (non-hydrogen) atoms. The van der Waals surface area contributed by atoms with E-state index in [4.69, 9.17) is 5.84 Å². The fourth-order valence-electron chi connectivity index (χ4n) is 2.24. The van der Waals surface area contributed by atoms with Crippen LogP contribution in [0.1, 0.15) is 42.8 Å². The number of benzene rings is 1. The molecular weight excluding hydrogens is 236 g/mol. The summed E-state index contributed by atoms with van der Waals surface area (Å²) >= 11 is 0. The maximum atomic E-state index is 5.72. The van der Waals surface area contributed by atoms with Crippen LogP contribution < -0.4 is 11.3 Å². The van der Waals surface area contributed by atoms with Gasteiger partial charge in [0.05, 0.1) is 11.7 Å². The van der Waals surface area contributed by atoms with Crippen LogP contribution >= 0.6 is 0 Å². The highest BCUT2D eigenvalue weighted by atomic mass is 15.3. The van der Waals surface area contributed by atoms with Crippen LogP contribution in [-0.4, -0.2) is 9.78 Å². The van der Waals surface area contributed by atoms with Crippen LogP contribution in [-0.2, 0) is 6.42 Å². The summed E-state index contributed by atoms with van der Waals surface area (Å²) < 4.78 is 2.01. The maximum Gasteiger partial charge on any atom is 0.0669 e. The predicted molar refractivity (Wildman–Crippen MR) is 77.6 cm³/mol. The van der Waals surface area contributed by atoms with E-state index < -0.39 is 0 Å². The van der Waals surface area contributed by atoms with Crippen molar-refractivity contribution in [3.05, 3.63) is 53.3 Å². The Balaban J connectivity index is 2.20. The first-order chi connectivity index (χ1) is 9.11. The van der Waals surface area contributed by atoms with E-state index in [1.807, 2.05) is 16.9 Å². The lowest BCUT2D eigenvalue weighted by atomic mass is 10.0. The quantitative estimate of drug-likeness (QED) is 0.640. The lowest BCUT2D eigenvalue weighted by Gasteiger charge is -2.19. The number of hydrogen-bond donors (Lipinski definition) is 2. The zero-order valence-electron chi connectivity index (χ0n) is 11.8. The van der Waals surface area contributed by atoms with Crippen LogP contribution in [0.15, 0.2) is 36.5 Å². The van der Waals surface area contributed by atoms with Crippen molar-refractivity contribution < 1.29 is 0 Å². The molecule has 1 heterocycles. The van der Waals surface area contributed by atoms with E-state index in [1.54, 1.807) is 0 Å². The number of nitrogens with zero attached hydrogens (tertiary/aromatic N) is 2. The van der Waals surface area contributed by atoms with Gasteiger partial charge in [-0.2, -0.15) is 5.10 Å². The molecule has 0 fully saturated rings. The van der Waals surface area contributed by atoms with Gasteiger partial charge < -0.3 is 0 Å². The summed E-state index contributed by atoms with van der Waals surface area (Å²) in [6.07, 6.45) is 2.68. The molecule has 0 spiro atoms. The van der Waals surface area contributed by atoms with Crippen LogP contribution in [0.25, 0.3) is 0 Å². The minimum Gasteiger partial charge on any atom is -0.271 e. The zero-order valence-corrected chi connectivity index (χ0v) is 11.8. The lowest BCUT2D eigenvalue weighted by molar-refractivity contribution is 0.448. The van der Waals surface area contributed by atoms with Gasteiger partial charge in [0, 0.05) is 12.2 Å². The van der Waals surface area contributed by atoms with Crippen LogP contribution in [0, 0.1) is 6.92 Å². The van der Waals surface area contributed by atoms with Crippen molar-refractivity contribution in [3.8, 4) is 0 Å². The summed E-state index contributed by atoms with van der Waals surface area (Å²) in [4.78, 5) is 0. The Kier molecular flexibility index (Phi) is 4.35. The summed E-state index contributed by atoms with van der Waals surface area (Å²) in [6.45, 7) is 6.34. The molecule has 1 unspecified atom stereocenters. The van der Waals surface area contributed by atoms with Gasteiger partial charge in [-0.15, -0.1) is 0 Å². The minimum absolute atomic E-state index is 0.0765. The minimum atomic E-state index is 0.0765. The van der Waals surface area contributed by atoms with E-state index in [1.165, 1.54) is 11.1 Å². The first-order valence-corrected chi connectivity index (χ1v) is 6.67. The van der Waals surface area contributed by atoms with Crippen LogP contribution in [0.5, 0.6) is 0 Å². The standard InChI is InChI=1S/C15H22N4/c1-11(2)19-15(8-9-17-19)14(18-16)10-13-6-4-12(3)5-7-13/h4-9,11,14,18H,10,16H2,1-3H3. The zero-order chi connectivity index (χ0) is 13.8. The second-order valence-corrected chi connectivity index (χ2v) is 5.20. The second kappa shape index (κ2) is 5.99. The number of hydrogen-bond acceptors (Lipinski definition) is 3. The molecule has 4 nitrogen and oxygen atoms in total. The molecule has 0 amide bonds. The maximum absolute atomic E-state index is 5.72. The van der Waals surface area contributed by atoms with E-state index >= 15 is 0 Å². The largest absolute Gasteiger partial charge is 0.271 e. The number of aryl methyl sites for hydroxylation is 1. The van der Waals surface area contributed by atoms with Crippen molar-refractivity contribution >= 4 is 0 Å². The average molecular weight is 258 g/mol. The van der Waals surface area contributed by atoms with Crippen LogP contribution in [0.4, 0.5) is 0 Å². The molecule has 1 atom stereocenters. The molecule has 2 rings (SSSR count). The second-order valence-electron chi connectivity index (χ2n) is 5.20. The van der Waals surface area contributed by atoms with Crippen LogP contribution in [0.2, 0.25) is 0 Å². The Labute approximate surface area is 114 Å². The molecule has 2 aromatic rings. The molecule has 0 saturated carbocycles. The van der Waals surface area contributed by atoms with Gasteiger partial charge in [-0.25, -0.2) is 0 Å². The number of rotatable bonds is 5. The van der Waals surface area contributed by atoms with Gasteiger partial charge in [0.25, 0.3) is 0 Å². The van der Waals surface area contributed by atoms with E-state index in [-0.39, 0.29) is 6.04 Å². The molecule has 1 aromatic heterocycles. The Hall–Kier alpha value is -1.65. The Morgan fingerprint density at radius 3 is 2.47 bits per heavy atom. The number of aromatic nitrogens is 2. The molecule has 0 saturated heterocycles. The number of hydrazine groups is 1. The van der Waals surface area contributed by atoms with E-state index in [0.29, 0.717) is 6.04 Å². The van der Waals surface area contributed by atoms with Gasteiger partial charge in [0.2, 0.25) is 0 Å². The topological polar surface area (TPSA) is 55.9 Å². The third-order valence-corrected chi connectivity index (χ3v) is 3.31. The molecular formula is C15H22N4. The number of nitrogens with one attached hydrogen (secondary N) is 1. The molecule has 3 N–H and O–H groups in total. The van der Waals surface area contributed by atoms with Gasteiger partial charge in [-0.05, 0) is 38.8 Å². The Morgan fingerprint density at radius 1 is 1.21 bits per heavy atom. The van der Waals surface area contributed by atoms with Gasteiger partial charge in [-0.3, -0.25) is 16.0 Å². The first-order valence-electron chi connectivity index (χ1n) is 6.67.